The van der Waals surface area contributed by atoms with Crippen LogP contribution >= 0.6 is 0 Å². The van der Waals surface area contributed by atoms with E-state index in [-0.39, 0.29) is 23.7 Å². The highest BCUT2D eigenvalue weighted by Crippen LogP contribution is 2.29. The zero-order valence-electron chi connectivity index (χ0n) is 16.2. The molecule has 0 spiro atoms. The third-order valence-corrected chi connectivity index (χ3v) is 5.54. The number of hydrogen-bond donors (Lipinski definition) is 0. The van der Waals surface area contributed by atoms with E-state index in [1.54, 1.807) is 0 Å². The van der Waals surface area contributed by atoms with Gasteiger partial charge in [-0.25, -0.2) is 0 Å². The Labute approximate surface area is 161 Å². The summed E-state index contributed by atoms with van der Waals surface area (Å²) in [5, 5.41) is 0. The molecule has 2 unspecified atom stereocenters. The molecule has 0 N–H and O–H groups in total. The molecule has 2 aromatic rings. The molecule has 1 fully saturated rings. The van der Waals surface area contributed by atoms with E-state index in [9.17, 15) is 9.59 Å². The highest BCUT2D eigenvalue weighted by Gasteiger charge is 2.32. The highest BCUT2D eigenvalue weighted by atomic mass is 16.2. The summed E-state index contributed by atoms with van der Waals surface area (Å²) in [5.41, 5.74) is 1.79. The molecular weight excluding hydrogens is 336 g/mol. The molecule has 142 valence electrons. The summed E-state index contributed by atoms with van der Waals surface area (Å²) in [5.74, 6) is 0.392. The number of carbonyl (C=O) groups is 2. The van der Waals surface area contributed by atoms with Gasteiger partial charge >= 0.3 is 0 Å². The van der Waals surface area contributed by atoms with Crippen molar-refractivity contribution in [2.75, 3.05) is 26.2 Å². The quantitative estimate of drug-likeness (QED) is 0.810. The molecule has 1 aliphatic rings. The van der Waals surface area contributed by atoms with Crippen molar-refractivity contribution in [3.8, 4) is 0 Å². The SMILES string of the molecule is CCC(C)C(C(=O)N1CCN(C(=O)c2ccccc2)CC1)c1ccccc1. The van der Waals surface area contributed by atoms with Gasteiger partial charge in [0.2, 0.25) is 5.91 Å². The molecular formula is C23H28N2O2. The smallest absolute Gasteiger partial charge is 0.253 e. The fourth-order valence-corrected chi connectivity index (χ4v) is 3.70. The second-order valence-corrected chi connectivity index (χ2v) is 7.26. The maximum absolute atomic E-state index is 13.3. The largest absolute Gasteiger partial charge is 0.339 e. The van der Waals surface area contributed by atoms with Gasteiger partial charge in [-0.3, -0.25) is 9.59 Å². The lowest BCUT2D eigenvalue weighted by molar-refractivity contribution is -0.135. The number of rotatable bonds is 5. The van der Waals surface area contributed by atoms with Crippen LogP contribution in [-0.2, 0) is 4.79 Å². The van der Waals surface area contributed by atoms with Crippen LogP contribution in [0.25, 0.3) is 0 Å². The van der Waals surface area contributed by atoms with E-state index in [4.69, 9.17) is 0 Å². The van der Waals surface area contributed by atoms with Gasteiger partial charge in [-0.2, -0.15) is 0 Å². The lowest BCUT2D eigenvalue weighted by Crippen LogP contribution is -2.52. The Balaban J connectivity index is 1.67. The Morgan fingerprint density at radius 2 is 1.37 bits per heavy atom. The van der Waals surface area contributed by atoms with Gasteiger partial charge in [0, 0.05) is 31.7 Å². The third-order valence-electron chi connectivity index (χ3n) is 5.54. The van der Waals surface area contributed by atoms with E-state index >= 15 is 0 Å². The average Bonchev–Trinajstić information content (AvgIpc) is 2.74. The number of amides is 2. The minimum atomic E-state index is -0.118. The Morgan fingerprint density at radius 1 is 0.852 bits per heavy atom. The van der Waals surface area contributed by atoms with Crippen LogP contribution in [0.4, 0.5) is 0 Å². The second-order valence-electron chi connectivity index (χ2n) is 7.26. The van der Waals surface area contributed by atoms with Crippen LogP contribution in [-0.4, -0.2) is 47.8 Å². The molecule has 3 rings (SSSR count). The first-order valence-electron chi connectivity index (χ1n) is 9.80. The molecule has 0 bridgehead atoms. The van der Waals surface area contributed by atoms with Crippen LogP contribution in [0.15, 0.2) is 60.7 Å². The lowest BCUT2D eigenvalue weighted by atomic mass is 9.84. The van der Waals surface area contributed by atoms with E-state index < -0.39 is 0 Å². The van der Waals surface area contributed by atoms with Crippen molar-refractivity contribution in [1.29, 1.82) is 0 Å². The maximum Gasteiger partial charge on any atom is 0.253 e. The number of nitrogens with zero attached hydrogens (tertiary/aromatic N) is 2. The van der Waals surface area contributed by atoms with E-state index in [2.05, 4.69) is 13.8 Å². The Kier molecular flexibility index (Phi) is 6.28. The second kappa shape index (κ2) is 8.85. The summed E-state index contributed by atoms with van der Waals surface area (Å²) >= 11 is 0. The molecule has 0 saturated carbocycles. The molecule has 1 aliphatic heterocycles. The Bertz CT molecular complexity index is 752. The van der Waals surface area contributed by atoms with Gasteiger partial charge in [0.1, 0.15) is 0 Å². The summed E-state index contributed by atoms with van der Waals surface area (Å²) < 4.78 is 0. The molecule has 2 atom stereocenters. The van der Waals surface area contributed by atoms with Gasteiger partial charge < -0.3 is 9.80 Å². The predicted octanol–water partition coefficient (Wildman–Crippen LogP) is 3.80. The van der Waals surface area contributed by atoms with Crippen molar-refractivity contribution in [2.24, 2.45) is 5.92 Å². The minimum absolute atomic E-state index is 0.0456. The van der Waals surface area contributed by atoms with Crippen LogP contribution in [0.1, 0.15) is 42.1 Å². The standard InChI is InChI=1S/C23H28N2O2/c1-3-18(2)21(19-10-6-4-7-11-19)23(27)25-16-14-24(15-17-25)22(26)20-12-8-5-9-13-20/h4-13,18,21H,3,14-17H2,1-2H3. The van der Waals surface area contributed by atoms with E-state index in [0.29, 0.717) is 31.7 Å². The summed E-state index contributed by atoms with van der Waals surface area (Å²) in [6, 6.07) is 19.4. The fraction of sp³-hybridized carbons (Fsp3) is 0.391. The molecule has 2 amide bonds. The molecule has 4 nitrogen and oxygen atoms in total. The fourth-order valence-electron chi connectivity index (χ4n) is 3.70. The normalized spacial score (nSPS) is 16.7. The lowest BCUT2D eigenvalue weighted by Gasteiger charge is -2.37. The summed E-state index contributed by atoms with van der Waals surface area (Å²) in [7, 11) is 0. The molecule has 1 heterocycles. The molecule has 0 radical (unpaired) electrons. The molecule has 0 aliphatic carbocycles. The summed E-state index contributed by atoms with van der Waals surface area (Å²) in [4.78, 5) is 29.7. The molecule has 2 aromatic carbocycles. The molecule has 27 heavy (non-hydrogen) atoms. The van der Waals surface area contributed by atoms with Gasteiger partial charge in [0.15, 0.2) is 0 Å². The zero-order valence-corrected chi connectivity index (χ0v) is 16.2. The first-order chi connectivity index (χ1) is 13.1. The zero-order chi connectivity index (χ0) is 19.2. The average molecular weight is 364 g/mol. The van der Waals surface area contributed by atoms with Crippen molar-refractivity contribution in [1.82, 2.24) is 9.80 Å². The highest BCUT2D eigenvalue weighted by molar-refractivity contribution is 5.94. The van der Waals surface area contributed by atoms with Gasteiger partial charge in [-0.1, -0.05) is 68.8 Å². The predicted molar refractivity (Wildman–Crippen MR) is 108 cm³/mol. The Hall–Kier alpha value is -2.62. The van der Waals surface area contributed by atoms with Crippen LogP contribution < -0.4 is 0 Å². The van der Waals surface area contributed by atoms with E-state index in [1.807, 2.05) is 70.5 Å². The van der Waals surface area contributed by atoms with Gasteiger partial charge in [0.05, 0.1) is 5.92 Å². The first-order valence-corrected chi connectivity index (χ1v) is 9.80. The van der Waals surface area contributed by atoms with Crippen LogP contribution in [0.2, 0.25) is 0 Å². The summed E-state index contributed by atoms with van der Waals surface area (Å²) in [6.07, 6.45) is 0.956. The monoisotopic (exact) mass is 364 g/mol. The Morgan fingerprint density at radius 3 is 1.93 bits per heavy atom. The third kappa shape index (κ3) is 4.38. The van der Waals surface area contributed by atoms with Gasteiger partial charge in [-0.05, 0) is 23.6 Å². The van der Waals surface area contributed by atoms with Crippen LogP contribution in [0.3, 0.4) is 0 Å². The van der Waals surface area contributed by atoms with E-state index in [1.165, 1.54) is 0 Å². The van der Waals surface area contributed by atoms with Gasteiger partial charge in [-0.15, -0.1) is 0 Å². The van der Waals surface area contributed by atoms with Crippen molar-refractivity contribution < 1.29 is 9.59 Å². The number of piperazine rings is 1. The van der Waals surface area contributed by atoms with Crippen molar-refractivity contribution >= 4 is 11.8 Å². The van der Waals surface area contributed by atoms with E-state index in [0.717, 1.165) is 12.0 Å². The molecule has 0 aromatic heterocycles. The van der Waals surface area contributed by atoms with Crippen LogP contribution in [0.5, 0.6) is 0 Å². The van der Waals surface area contributed by atoms with Crippen LogP contribution in [0, 0.1) is 5.92 Å². The topological polar surface area (TPSA) is 40.6 Å². The van der Waals surface area contributed by atoms with Crippen molar-refractivity contribution in [2.45, 2.75) is 26.2 Å². The summed E-state index contributed by atoms with van der Waals surface area (Å²) in [6.45, 7) is 6.63. The minimum Gasteiger partial charge on any atom is -0.339 e. The van der Waals surface area contributed by atoms with Crippen molar-refractivity contribution in [3.05, 3.63) is 71.8 Å². The first kappa shape index (κ1) is 19.2. The van der Waals surface area contributed by atoms with Crippen molar-refractivity contribution in [3.63, 3.8) is 0 Å². The number of carbonyl (C=O) groups excluding carboxylic acids is 2. The van der Waals surface area contributed by atoms with Gasteiger partial charge in [0.25, 0.3) is 5.91 Å². The number of hydrogen-bond acceptors (Lipinski definition) is 2. The maximum atomic E-state index is 13.3. The molecule has 4 heteroatoms. The molecule has 1 saturated heterocycles. The number of benzene rings is 2.